The van der Waals surface area contributed by atoms with Gasteiger partial charge in [0, 0.05) is 10.6 Å². The SMILES string of the molecule is O=C(Nc1cc(Cl)ccc1-c1nc2ccccc2[nH]c1=O)C(F)(F)F. The number of H-pyrrole nitrogens is 1. The van der Waals surface area contributed by atoms with E-state index in [9.17, 15) is 22.8 Å². The number of carbonyl (C=O) groups excluding carboxylic acids is 1. The maximum Gasteiger partial charge on any atom is 0.471 e. The van der Waals surface area contributed by atoms with Gasteiger partial charge in [0.1, 0.15) is 5.69 Å². The minimum atomic E-state index is -5.08. The number of carbonyl (C=O) groups is 1. The molecule has 0 aliphatic heterocycles. The van der Waals surface area contributed by atoms with Crippen molar-refractivity contribution in [3.05, 3.63) is 57.8 Å². The third-order valence-electron chi connectivity index (χ3n) is 3.34. The lowest BCUT2D eigenvalue weighted by atomic mass is 10.1. The van der Waals surface area contributed by atoms with E-state index in [1.165, 1.54) is 12.1 Å². The van der Waals surface area contributed by atoms with Gasteiger partial charge in [-0.2, -0.15) is 13.2 Å². The predicted molar refractivity (Wildman–Crippen MR) is 87.5 cm³/mol. The number of nitrogens with one attached hydrogen (secondary N) is 2. The predicted octanol–water partition coefficient (Wildman–Crippen LogP) is 3.74. The first-order chi connectivity index (χ1) is 11.8. The fraction of sp³-hybridized carbons (Fsp3) is 0.0625. The zero-order valence-corrected chi connectivity index (χ0v) is 13.1. The van der Waals surface area contributed by atoms with Crippen LogP contribution in [0.5, 0.6) is 0 Å². The van der Waals surface area contributed by atoms with Crippen LogP contribution < -0.4 is 10.9 Å². The molecule has 0 atom stereocenters. The quantitative estimate of drug-likeness (QED) is 0.724. The molecule has 3 rings (SSSR count). The Labute approximate surface area is 143 Å². The van der Waals surface area contributed by atoms with Crippen molar-refractivity contribution < 1.29 is 18.0 Å². The molecule has 1 aromatic heterocycles. The minimum absolute atomic E-state index is 0.0222. The first-order valence-corrected chi connectivity index (χ1v) is 7.30. The van der Waals surface area contributed by atoms with E-state index in [2.05, 4.69) is 9.97 Å². The molecule has 9 heteroatoms. The molecule has 5 nitrogen and oxygen atoms in total. The summed E-state index contributed by atoms with van der Waals surface area (Å²) in [6, 6.07) is 10.5. The normalized spacial score (nSPS) is 11.5. The monoisotopic (exact) mass is 367 g/mol. The molecule has 0 spiro atoms. The van der Waals surface area contributed by atoms with Crippen molar-refractivity contribution in [3.8, 4) is 11.3 Å². The van der Waals surface area contributed by atoms with Gasteiger partial charge in [0.05, 0.1) is 16.7 Å². The summed E-state index contributed by atoms with van der Waals surface area (Å²) < 4.78 is 37.6. The Balaban J connectivity index is 2.16. The molecule has 0 aliphatic rings. The number of nitrogens with zero attached hydrogens (tertiary/aromatic N) is 1. The summed E-state index contributed by atoms with van der Waals surface area (Å²) in [6.45, 7) is 0. The smallest absolute Gasteiger partial charge is 0.319 e. The summed E-state index contributed by atoms with van der Waals surface area (Å²) in [7, 11) is 0. The van der Waals surface area contributed by atoms with Crippen molar-refractivity contribution in [1.29, 1.82) is 0 Å². The average Bonchev–Trinajstić information content (AvgIpc) is 2.54. The number of aromatic amines is 1. The highest BCUT2D eigenvalue weighted by molar-refractivity contribution is 6.31. The Morgan fingerprint density at radius 1 is 1.16 bits per heavy atom. The molecule has 128 valence electrons. The Bertz CT molecular complexity index is 1030. The van der Waals surface area contributed by atoms with Gasteiger partial charge in [0.25, 0.3) is 5.56 Å². The van der Waals surface area contributed by atoms with E-state index in [0.29, 0.717) is 11.0 Å². The second kappa shape index (κ2) is 6.21. The summed E-state index contributed by atoms with van der Waals surface area (Å²) in [6.07, 6.45) is -5.08. The molecule has 2 N–H and O–H groups in total. The van der Waals surface area contributed by atoms with Crippen LogP contribution in [0.25, 0.3) is 22.3 Å². The summed E-state index contributed by atoms with van der Waals surface area (Å²) in [5.74, 6) is -2.17. The van der Waals surface area contributed by atoms with Crippen LogP contribution in [0.1, 0.15) is 0 Å². The highest BCUT2D eigenvalue weighted by atomic mass is 35.5. The highest BCUT2D eigenvalue weighted by Gasteiger charge is 2.39. The van der Waals surface area contributed by atoms with Gasteiger partial charge in [0.15, 0.2) is 0 Å². The molecule has 0 saturated heterocycles. The second-order valence-corrected chi connectivity index (χ2v) is 5.51. The Hall–Kier alpha value is -2.87. The van der Waals surface area contributed by atoms with E-state index >= 15 is 0 Å². The zero-order valence-electron chi connectivity index (χ0n) is 12.3. The van der Waals surface area contributed by atoms with Crippen molar-refractivity contribution in [2.24, 2.45) is 0 Å². The lowest BCUT2D eigenvalue weighted by Gasteiger charge is -2.12. The first-order valence-electron chi connectivity index (χ1n) is 6.93. The minimum Gasteiger partial charge on any atom is -0.319 e. The molecule has 1 heterocycles. The number of anilines is 1. The van der Waals surface area contributed by atoms with Crippen LogP contribution in [0, 0.1) is 0 Å². The average molecular weight is 368 g/mol. The molecule has 2 aromatic carbocycles. The van der Waals surface area contributed by atoms with Crippen molar-refractivity contribution in [2.75, 3.05) is 5.32 Å². The van der Waals surface area contributed by atoms with Crippen LogP contribution in [0.3, 0.4) is 0 Å². The van der Waals surface area contributed by atoms with Crippen molar-refractivity contribution in [1.82, 2.24) is 9.97 Å². The Kier molecular flexibility index (Phi) is 4.22. The number of aromatic nitrogens is 2. The molecular weight excluding hydrogens is 359 g/mol. The van der Waals surface area contributed by atoms with Gasteiger partial charge in [-0.1, -0.05) is 23.7 Å². The number of para-hydroxylation sites is 2. The molecule has 0 unspecified atom stereocenters. The van der Waals surface area contributed by atoms with Crippen molar-refractivity contribution in [3.63, 3.8) is 0 Å². The Morgan fingerprint density at radius 3 is 2.60 bits per heavy atom. The molecule has 3 aromatic rings. The summed E-state index contributed by atoms with van der Waals surface area (Å²) >= 11 is 5.80. The van der Waals surface area contributed by atoms with Crippen LogP contribution in [0.15, 0.2) is 47.3 Å². The number of benzene rings is 2. The van der Waals surface area contributed by atoms with Gasteiger partial charge in [-0.15, -0.1) is 0 Å². The molecule has 1 amide bonds. The third-order valence-corrected chi connectivity index (χ3v) is 3.58. The maximum atomic E-state index is 12.5. The van der Waals surface area contributed by atoms with Gasteiger partial charge < -0.3 is 10.3 Å². The lowest BCUT2D eigenvalue weighted by Crippen LogP contribution is -2.30. The topological polar surface area (TPSA) is 74.8 Å². The number of alkyl halides is 3. The van der Waals surface area contributed by atoms with Crippen LogP contribution >= 0.6 is 11.6 Å². The van der Waals surface area contributed by atoms with E-state index in [0.717, 1.165) is 6.07 Å². The fourth-order valence-corrected chi connectivity index (χ4v) is 2.40. The summed E-state index contributed by atoms with van der Waals surface area (Å²) in [5, 5.41) is 1.82. The molecule has 0 radical (unpaired) electrons. The van der Waals surface area contributed by atoms with Crippen molar-refractivity contribution >= 4 is 34.2 Å². The van der Waals surface area contributed by atoms with Crippen LogP contribution in [-0.2, 0) is 4.79 Å². The summed E-state index contributed by atoms with van der Waals surface area (Å²) in [4.78, 5) is 30.3. The number of hydrogen-bond donors (Lipinski definition) is 2. The fourth-order valence-electron chi connectivity index (χ4n) is 2.23. The number of halogens is 4. The molecule has 25 heavy (non-hydrogen) atoms. The highest BCUT2D eigenvalue weighted by Crippen LogP contribution is 2.30. The van der Waals surface area contributed by atoms with Gasteiger partial charge in [-0.25, -0.2) is 4.98 Å². The van der Waals surface area contributed by atoms with Gasteiger partial charge in [-0.3, -0.25) is 9.59 Å². The second-order valence-electron chi connectivity index (χ2n) is 5.07. The Morgan fingerprint density at radius 2 is 1.88 bits per heavy atom. The van der Waals surface area contributed by atoms with E-state index in [4.69, 9.17) is 11.6 Å². The lowest BCUT2D eigenvalue weighted by molar-refractivity contribution is -0.167. The number of hydrogen-bond acceptors (Lipinski definition) is 3. The number of rotatable bonds is 2. The van der Waals surface area contributed by atoms with Crippen molar-refractivity contribution in [2.45, 2.75) is 6.18 Å². The maximum absolute atomic E-state index is 12.5. The van der Waals surface area contributed by atoms with Crippen LogP contribution in [0.4, 0.5) is 18.9 Å². The van der Waals surface area contributed by atoms with E-state index in [1.807, 2.05) is 0 Å². The van der Waals surface area contributed by atoms with E-state index in [1.54, 1.807) is 29.6 Å². The van der Waals surface area contributed by atoms with Gasteiger partial charge >= 0.3 is 12.1 Å². The van der Waals surface area contributed by atoms with Crippen LogP contribution in [0.2, 0.25) is 5.02 Å². The zero-order chi connectivity index (χ0) is 18.2. The molecular formula is C16H9ClF3N3O2. The molecule has 0 bridgehead atoms. The van der Waals surface area contributed by atoms with Gasteiger partial charge in [-0.05, 0) is 30.3 Å². The van der Waals surface area contributed by atoms with Gasteiger partial charge in [0.2, 0.25) is 0 Å². The first kappa shape index (κ1) is 17.0. The molecule has 0 fully saturated rings. The third kappa shape index (κ3) is 3.48. The number of fused-ring (bicyclic) bond motifs is 1. The number of amides is 1. The van der Waals surface area contributed by atoms with E-state index < -0.39 is 17.6 Å². The summed E-state index contributed by atoms with van der Waals surface area (Å²) in [5.41, 5.74) is -0.0558. The van der Waals surface area contributed by atoms with Crippen LogP contribution in [-0.4, -0.2) is 22.1 Å². The molecule has 0 aliphatic carbocycles. The molecule has 0 saturated carbocycles. The van der Waals surface area contributed by atoms with E-state index in [-0.39, 0.29) is 22.0 Å². The largest absolute Gasteiger partial charge is 0.471 e. The standard InChI is InChI=1S/C16H9ClF3N3O2/c17-8-5-6-9(12(7-8)23-15(25)16(18,19)20)13-14(24)22-11-4-2-1-3-10(11)21-13/h1-7H,(H,22,24)(H,23,25).